The Hall–Kier alpha value is -1.79. The molecule has 1 heterocycles. The summed E-state index contributed by atoms with van der Waals surface area (Å²) >= 11 is 0. The highest BCUT2D eigenvalue weighted by Crippen LogP contribution is 2.10. The summed E-state index contributed by atoms with van der Waals surface area (Å²) in [4.78, 5) is 6.57. The number of aromatic nitrogens is 3. The lowest BCUT2D eigenvalue weighted by Gasteiger charge is -2.20. The smallest absolute Gasteiger partial charge is 0.164 e. The maximum absolute atomic E-state index is 13.0. The second kappa shape index (κ2) is 7.85. The molecule has 0 aliphatic carbocycles. The van der Waals surface area contributed by atoms with Gasteiger partial charge in [0.05, 0.1) is 6.54 Å². The molecule has 5 nitrogen and oxygen atoms in total. The zero-order valence-corrected chi connectivity index (χ0v) is 12.5. The topological polar surface area (TPSA) is 54.0 Å². The third-order valence-electron chi connectivity index (χ3n) is 3.15. The Morgan fingerprint density at radius 2 is 2.00 bits per heavy atom. The van der Waals surface area contributed by atoms with Gasteiger partial charge in [-0.2, -0.15) is 5.10 Å². The number of methoxy groups -OCH3 is 1. The molecular formula is C15H21FN4O. The first-order chi connectivity index (χ1) is 10.2. The number of hydrogen-bond acceptors (Lipinski definition) is 4. The quantitative estimate of drug-likeness (QED) is 0.759. The number of ether oxygens (including phenoxy) is 1. The van der Waals surface area contributed by atoms with Crippen molar-refractivity contribution in [2.45, 2.75) is 26.4 Å². The highest BCUT2D eigenvalue weighted by molar-refractivity contribution is 5.15. The van der Waals surface area contributed by atoms with Crippen LogP contribution in [0.1, 0.15) is 23.6 Å². The van der Waals surface area contributed by atoms with Crippen molar-refractivity contribution < 1.29 is 9.13 Å². The van der Waals surface area contributed by atoms with Gasteiger partial charge in [0.15, 0.2) is 5.82 Å². The third-order valence-corrected chi connectivity index (χ3v) is 3.15. The summed E-state index contributed by atoms with van der Waals surface area (Å²) in [7, 11) is 1.70. The molecule has 0 bridgehead atoms. The van der Waals surface area contributed by atoms with Gasteiger partial charge in [-0.1, -0.05) is 12.1 Å². The molecule has 1 N–H and O–H groups in total. The molecule has 21 heavy (non-hydrogen) atoms. The number of aryl methyl sites for hydroxylation is 1. The predicted molar refractivity (Wildman–Crippen MR) is 78.1 cm³/mol. The van der Waals surface area contributed by atoms with Gasteiger partial charge in [0.2, 0.25) is 0 Å². The fourth-order valence-electron chi connectivity index (χ4n) is 2.15. The average Bonchev–Trinajstić information content (AvgIpc) is 2.87. The Balaban J connectivity index is 1.98. The van der Waals surface area contributed by atoms with Gasteiger partial charge in [-0.15, -0.1) is 0 Å². The Bertz CT molecular complexity index is 541. The van der Waals surface area contributed by atoms with Crippen LogP contribution in [0.2, 0.25) is 0 Å². The minimum absolute atomic E-state index is 0.214. The van der Waals surface area contributed by atoms with E-state index >= 15 is 0 Å². The van der Waals surface area contributed by atoms with E-state index in [1.807, 2.05) is 19.1 Å². The number of aromatic amines is 1. The fraction of sp³-hybridized carbons (Fsp3) is 0.467. The molecule has 0 saturated carbocycles. The van der Waals surface area contributed by atoms with Gasteiger partial charge in [0.1, 0.15) is 11.6 Å². The first-order valence-electron chi connectivity index (χ1n) is 7.01. The van der Waals surface area contributed by atoms with E-state index in [0.29, 0.717) is 13.2 Å². The van der Waals surface area contributed by atoms with Gasteiger partial charge in [-0.3, -0.25) is 10.00 Å². The van der Waals surface area contributed by atoms with Crippen molar-refractivity contribution in [2.75, 3.05) is 20.3 Å². The molecule has 2 rings (SSSR count). The van der Waals surface area contributed by atoms with E-state index in [2.05, 4.69) is 20.1 Å². The van der Waals surface area contributed by atoms with Crippen LogP contribution >= 0.6 is 0 Å². The van der Waals surface area contributed by atoms with Gasteiger partial charge in [-0.05, 0) is 31.0 Å². The Kier molecular flexibility index (Phi) is 5.83. The second-order valence-corrected chi connectivity index (χ2v) is 5.02. The molecule has 0 aliphatic rings. The summed E-state index contributed by atoms with van der Waals surface area (Å²) in [5.74, 6) is 1.37. The molecule has 114 valence electrons. The first kappa shape index (κ1) is 15.6. The molecular weight excluding hydrogens is 271 g/mol. The second-order valence-electron chi connectivity index (χ2n) is 5.02. The normalized spacial score (nSPS) is 11.2. The molecule has 6 heteroatoms. The largest absolute Gasteiger partial charge is 0.385 e. The van der Waals surface area contributed by atoms with E-state index in [0.717, 1.165) is 36.7 Å². The molecule has 0 radical (unpaired) electrons. The highest BCUT2D eigenvalue weighted by Gasteiger charge is 2.10. The van der Waals surface area contributed by atoms with Crippen molar-refractivity contribution >= 4 is 0 Å². The van der Waals surface area contributed by atoms with E-state index in [9.17, 15) is 4.39 Å². The molecule has 0 aliphatic heterocycles. The van der Waals surface area contributed by atoms with Crippen LogP contribution in [0.25, 0.3) is 0 Å². The number of nitrogens with one attached hydrogen (secondary N) is 1. The summed E-state index contributed by atoms with van der Waals surface area (Å²) < 4.78 is 18.1. The van der Waals surface area contributed by atoms with Crippen LogP contribution in [0.5, 0.6) is 0 Å². The van der Waals surface area contributed by atoms with E-state index < -0.39 is 0 Å². The van der Waals surface area contributed by atoms with E-state index in [1.165, 1.54) is 12.1 Å². The molecule has 0 spiro atoms. The molecule has 2 aromatic rings. The minimum Gasteiger partial charge on any atom is -0.385 e. The van der Waals surface area contributed by atoms with Gasteiger partial charge < -0.3 is 4.74 Å². The molecule has 1 aromatic heterocycles. The van der Waals surface area contributed by atoms with Crippen LogP contribution in [-0.4, -0.2) is 40.3 Å². The number of rotatable bonds is 8. The van der Waals surface area contributed by atoms with Crippen molar-refractivity contribution in [3.63, 3.8) is 0 Å². The Labute approximate surface area is 124 Å². The summed E-state index contributed by atoms with van der Waals surface area (Å²) in [5.41, 5.74) is 1.07. The van der Waals surface area contributed by atoms with Crippen LogP contribution in [0.4, 0.5) is 4.39 Å². The minimum atomic E-state index is -0.214. The molecule has 0 amide bonds. The predicted octanol–water partition coefficient (Wildman–Crippen LogP) is 2.29. The lowest BCUT2D eigenvalue weighted by molar-refractivity contribution is 0.165. The van der Waals surface area contributed by atoms with Crippen molar-refractivity contribution in [3.8, 4) is 0 Å². The summed E-state index contributed by atoms with van der Waals surface area (Å²) in [6.45, 7) is 4.86. The SMILES string of the molecule is COCCCN(Cc1ccc(F)cc1)Cc1n[nH]c(C)n1. The number of halogens is 1. The zero-order valence-electron chi connectivity index (χ0n) is 12.5. The molecule has 0 saturated heterocycles. The lowest BCUT2D eigenvalue weighted by atomic mass is 10.2. The van der Waals surface area contributed by atoms with E-state index in [-0.39, 0.29) is 5.82 Å². The Morgan fingerprint density at radius 3 is 2.62 bits per heavy atom. The highest BCUT2D eigenvalue weighted by atomic mass is 19.1. The van der Waals surface area contributed by atoms with Crippen molar-refractivity contribution in [3.05, 3.63) is 47.3 Å². The average molecular weight is 292 g/mol. The van der Waals surface area contributed by atoms with Crippen LogP contribution in [0.15, 0.2) is 24.3 Å². The number of nitrogens with zero attached hydrogens (tertiary/aromatic N) is 3. The molecule has 0 atom stereocenters. The van der Waals surface area contributed by atoms with Crippen molar-refractivity contribution in [1.82, 2.24) is 20.1 Å². The van der Waals surface area contributed by atoms with Gasteiger partial charge >= 0.3 is 0 Å². The van der Waals surface area contributed by atoms with Gasteiger partial charge in [-0.25, -0.2) is 9.37 Å². The van der Waals surface area contributed by atoms with Crippen LogP contribution in [0, 0.1) is 12.7 Å². The fourth-order valence-corrected chi connectivity index (χ4v) is 2.15. The van der Waals surface area contributed by atoms with E-state index in [1.54, 1.807) is 7.11 Å². The maximum Gasteiger partial charge on any atom is 0.164 e. The monoisotopic (exact) mass is 292 g/mol. The number of H-pyrrole nitrogens is 1. The standard InChI is InChI=1S/C15H21FN4O/c1-12-17-15(19-18-12)11-20(8-3-9-21-2)10-13-4-6-14(16)7-5-13/h4-7H,3,8-11H2,1-2H3,(H,17,18,19). The van der Waals surface area contributed by atoms with Gasteiger partial charge in [0.25, 0.3) is 0 Å². The zero-order chi connectivity index (χ0) is 15.1. The van der Waals surface area contributed by atoms with Crippen molar-refractivity contribution in [1.29, 1.82) is 0 Å². The van der Waals surface area contributed by atoms with Gasteiger partial charge in [0, 0.05) is 26.8 Å². The maximum atomic E-state index is 13.0. The Morgan fingerprint density at radius 1 is 1.24 bits per heavy atom. The number of hydrogen-bond donors (Lipinski definition) is 1. The molecule has 0 unspecified atom stereocenters. The summed E-state index contributed by atoms with van der Waals surface area (Å²) in [5, 5.41) is 7.02. The van der Waals surface area contributed by atoms with Crippen molar-refractivity contribution in [2.24, 2.45) is 0 Å². The summed E-state index contributed by atoms with van der Waals surface area (Å²) in [6, 6.07) is 6.59. The third kappa shape index (κ3) is 5.24. The van der Waals surface area contributed by atoms with E-state index in [4.69, 9.17) is 4.74 Å². The molecule has 0 fully saturated rings. The van der Waals surface area contributed by atoms with Crippen LogP contribution in [0.3, 0.4) is 0 Å². The van der Waals surface area contributed by atoms with Crippen LogP contribution < -0.4 is 0 Å². The lowest BCUT2D eigenvalue weighted by Crippen LogP contribution is -2.25. The molecule has 1 aromatic carbocycles. The first-order valence-corrected chi connectivity index (χ1v) is 7.01. The van der Waals surface area contributed by atoms with Crippen LogP contribution in [-0.2, 0) is 17.8 Å². The summed E-state index contributed by atoms with van der Waals surface area (Å²) in [6.07, 6.45) is 0.932. The number of benzene rings is 1.